The molecule has 0 saturated carbocycles. The fourth-order valence-electron chi connectivity index (χ4n) is 4.89. The van der Waals surface area contributed by atoms with E-state index in [2.05, 4.69) is 80.5 Å². The highest BCUT2D eigenvalue weighted by atomic mass is 15.3. The van der Waals surface area contributed by atoms with E-state index in [9.17, 15) is 0 Å². The molecule has 0 bridgehead atoms. The molecule has 5 nitrogen and oxygen atoms in total. The van der Waals surface area contributed by atoms with Crippen LogP contribution in [0.4, 0.5) is 0 Å². The van der Waals surface area contributed by atoms with Crippen LogP contribution in [-0.2, 0) is 20.1 Å². The third kappa shape index (κ3) is 4.41. The molecule has 28 heavy (non-hydrogen) atoms. The summed E-state index contributed by atoms with van der Waals surface area (Å²) >= 11 is 0. The lowest BCUT2D eigenvalue weighted by Crippen LogP contribution is -2.56. The van der Waals surface area contributed by atoms with Crippen molar-refractivity contribution in [2.24, 2.45) is 18.0 Å². The lowest BCUT2D eigenvalue weighted by molar-refractivity contribution is 0.0372. The highest BCUT2D eigenvalue weighted by Gasteiger charge is 2.36. The van der Waals surface area contributed by atoms with Crippen molar-refractivity contribution in [2.45, 2.75) is 38.4 Å². The first-order chi connectivity index (χ1) is 13.7. The maximum absolute atomic E-state index is 4.57. The number of piperidine rings is 2. The molecule has 2 fully saturated rings. The van der Waals surface area contributed by atoms with Crippen LogP contribution in [0.5, 0.6) is 0 Å². The van der Waals surface area contributed by atoms with Gasteiger partial charge in [0.1, 0.15) is 0 Å². The van der Waals surface area contributed by atoms with Crippen molar-refractivity contribution in [1.29, 1.82) is 0 Å². The normalized spacial score (nSPS) is 23.5. The summed E-state index contributed by atoms with van der Waals surface area (Å²) in [7, 11) is 3.97. The molecular weight excluding hydrogens is 346 g/mol. The van der Waals surface area contributed by atoms with Gasteiger partial charge in [0, 0.05) is 58.7 Å². The SMILES string of the molecule is CN=C(NCc1ccn(C)c1)N1CCC2C(CCCN2Cc2ccccc2)C1. The maximum atomic E-state index is 4.57. The van der Waals surface area contributed by atoms with E-state index in [4.69, 9.17) is 0 Å². The number of guanidine groups is 1. The number of nitrogens with zero attached hydrogens (tertiary/aromatic N) is 4. The van der Waals surface area contributed by atoms with Gasteiger partial charge < -0.3 is 14.8 Å². The second kappa shape index (κ2) is 8.82. The van der Waals surface area contributed by atoms with Gasteiger partial charge in [0.15, 0.2) is 5.96 Å². The first-order valence-electron chi connectivity index (χ1n) is 10.6. The van der Waals surface area contributed by atoms with Crippen LogP contribution in [0.15, 0.2) is 53.8 Å². The topological polar surface area (TPSA) is 35.8 Å². The zero-order chi connectivity index (χ0) is 19.3. The Morgan fingerprint density at radius 2 is 1.96 bits per heavy atom. The molecule has 0 spiro atoms. The van der Waals surface area contributed by atoms with Gasteiger partial charge in [-0.15, -0.1) is 0 Å². The second-order valence-electron chi connectivity index (χ2n) is 8.25. The Morgan fingerprint density at radius 3 is 2.71 bits per heavy atom. The second-order valence-corrected chi connectivity index (χ2v) is 8.25. The summed E-state index contributed by atoms with van der Waals surface area (Å²) in [6.45, 7) is 5.35. The monoisotopic (exact) mass is 379 g/mol. The number of rotatable bonds is 4. The van der Waals surface area contributed by atoms with Crippen LogP contribution in [0.25, 0.3) is 0 Å². The van der Waals surface area contributed by atoms with E-state index in [0.717, 1.165) is 38.1 Å². The summed E-state index contributed by atoms with van der Waals surface area (Å²) < 4.78 is 2.09. The number of benzene rings is 1. The molecule has 2 unspecified atom stereocenters. The molecule has 2 aliphatic rings. The summed E-state index contributed by atoms with van der Waals surface area (Å²) in [5.74, 6) is 1.78. The Kier molecular flexibility index (Phi) is 6.01. The summed E-state index contributed by atoms with van der Waals surface area (Å²) in [6.07, 6.45) is 8.12. The van der Waals surface area contributed by atoms with Crippen LogP contribution in [0.1, 0.15) is 30.4 Å². The zero-order valence-electron chi connectivity index (χ0n) is 17.2. The molecule has 150 valence electrons. The standard InChI is InChI=1S/C23H33N5/c1-24-23(25-15-20-10-13-26(2)16-20)28-14-11-22-21(18-28)9-6-12-27(22)17-19-7-4-3-5-8-19/h3-5,7-8,10,13,16,21-22H,6,9,11-12,14-15,17-18H2,1-2H3,(H,24,25). The lowest BCUT2D eigenvalue weighted by Gasteiger charge is -2.48. The van der Waals surface area contributed by atoms with Crippen molar-refractivity contribution in [2.75, 3.05) is 26.7 Å². The molecule has 0 radical (unpaired) electrons. The number of aryl methyl sites for hydroxylation is 1. The van der Waals surface area contributed by atoms with E-state index in [1.165, 1.54) is 36.9 Å². The van der Waals surface area contributed by atoms with Gasteiger partial charge in [0.25, 0.3) is 0 Å². The third-order valence-corrected chi connectivity index (χ3v) is 6.27. The minimum atomic E-state index is 0.706. The molecule has 3 heterocycles. The molecule has 1 N–H and O–H groups in total. The van der Waals surface area contributed by atoms with E-state index in [0.29, 0.717) is 6.04 Å². The molecule has 2 saturated heterocycles. The minimum absolute atomic E-state index is 0.706. The van der Waals surface area contributed by atoms with Gasteiger partial charge >= 0.3 is 0 Å². The molecule has 5 heteroatoms. The Bertz CT molecular complexity index is 781. The number of hydrogen-bond donors (Lipinski definition) is 1. The van der Waals surface area contributed by atoms with Gasteiger partial charge in [-0.3, -0.25) is 9.89 Å². The maximum Gasteiger partial charge on any atom is 0.193 e. The molecule has 2 aliphatic heterocycles. The summed E-state index contributed by atoms with van der Waals surface area (Å²) in [4.78, 5) is 9.76. The van der Waals surface area contributed by atoms with Crippen LogP contribution in [-0.4, -0.2) is 53.1 Å². The number of likely N-dealkylation sites (tertiary alicyclic amines) is 2. The molecule has 2 aromatic rings. The first-order valence-corrected chi connectivity index (χ1v) is 10.6. The molecule has 1 aromatic heterocycles. The van der Waals surface area contributed by atoms with Crippen molar-refractivity contribution >= 4 is 5.96 Å². The number of hydrogen-bond acceptors (Lipinski definition) is 2. The Balaban J connectivity index is 1.35. The van der Waals surface area contributed by atoms with Crippen molar-refractivity contribution in [3.8, 4) is 0 Å². The quantitative estimate of drug-likeness (QED) is 0.655. The molecule has 1 aromatic carbocycles. The Hall–Kier alpha value is -2.27. The average molecular weight is 380 g/mol. The van der Waals surface area contributed by atoms with Crippen molar-refractivity contribution in [3.63, 3.8) is 0 Å². The summed E-state index contributed by atoms with van der Waals surface area (Å²) in [6, 6.07) is 13.8. The molecule has 0 aliphatic carbocycles. The first kappa shape index (κ1) is 19.1. The Labute approximate surface area is 169 Å². The molecule has 4 rings (SSSR count). The summed E-state index contributed by atoms with van der Waals surface area (Å²) in [5, 5.41) is 3.56. The summed E-state index contributed by atoms with van der Waals surface area (Å²) in [5.41, 5.74) is 2.73. The van der Waals surface area contributed by atoms with Gasteiger partial charge in [-0.25, -0.2) is 0 Å². The average Bonchev–Trinajstić information content (AvgIpc) is 3.14. The van der Waals surface area contributed by atoms with E-state index >= 15 is 0 Å². The van der Waals surface area contributed by atoms with Crippen LogP contribution >= 0.6 is 0 Å². The van der Waals surface area contributed by atoms with Crippen molar-refractivity contribution in [1.82, 2.24) is 19.7 Å². The number of aliphatic imine (C=N–C) groups is 1. The van der Waals surface area contributed by atoms with E-state index in [-0.39, 0.29) is 0 Å². The molecule has 0 amide bonds. The van der Waals surface area contributed by atoms with Crippen LogP contribution in [0.2, 0.25) is 0 Å². The highest BCUT2D eigenvalue weighted by molar-refractivity contribution is 5.80. The van der Waals surface area contributed by atoms with Crippen molar-refractivity contribution in [3.05, 3.63) is 59.9 Å². The number of aromatic nitrogens is 1. The third-order valence-electron chi connectivity index (χ3n) is 6.27. The van der Waals surface area contributed by atoms with Crippen LogP contribution in [0.3, 0.4) is 0 Å². The highest BCUT2D eigenvalue weighted by Crippen LogP contribution is 2.31. The Morgan fingerprint density at radius 1 is 1.11 bits per heavy atom. The minimum Gasteiger partial charge on any atom is -0.357 e. The van der Waals surface area contributed by atoms with Gasteiger partial charge in [-0.05, 0) is 48.9 Å². The fraction of sp³-hybridized carbons (Fsp3) is 0.522. The molecule has 2 atom stereocenters. The van der Waals surface area contributed by atoms with Gasteiger partial charge in [-0.2, -0.15) is 0 Å². The van der Waals surface area contributed by atoms with Gasteiger partial charge in [-0.1, -0.05) is 30.3 Å². The van der Waals surface area contributed by atoms with Crippen LogP contribution < -0.4 is 5.32 Å². The predicted octanol–water partition coefficient (Wildman–Crippen LogP) is 3.09. The zero-order valence-corrected chi connectivity index (χ0v) is 17.2. The van der Waals surface area contributed by atoms with E-state index in [1.54, 1.807) is 0 Å². The smallest absolute Gasteiger partial charge is 0.193 e. The number of nitrogens with one attached hydrogen (secondary N) is 1. The molecular formula is C23H33N5. The van der Waals surface area contributed by atoms with Gasteiger partial charge in [0.2, 0.25) is 0 Å². The fourth-order valence-corrected chi connectivity index (χ4v) is 4.89. The van der Waals surface area contributed by atoms with Crippen LogP contribution in [0, 0.1) is 5.92 Å². The van der Waals surface area contributed by atoms with E-state index in [1.807, 2.05) is 7.05 Å². The number of fused-ring (bicyclic) bond motifs is 1. The van der Waals surface area contributed by atoms with Gasteiger partial charge in [0.05, 0.1) is 0 Å². The predicted molar refractivity (Wildman–Crippen MR) is 115 cm³/mol. The van der Waals surface area contributed by atoms with Crippen molar-refractivity contribution < 1.29 is 0 Å². The lowest BCUT2D eigenvalue weighted by atomic mass is 9.83. The largest absolute Gasteiger partial charge is 0.357 e. The van der Waals surface area contributed by atoms with E-state index < -0.39 is 0 Å².